The molecule has 0 fully saturated rings. The minimum atomic E-state index is -0.0733. The lowest BCUT2D eigenvalue weighted by Gasteiger charge is -2.24. The number of carbonyl (C=O) groups excluding carboxylic acids is 1. The number of anilines is 1. The summed E-state index contributed by atoms with van der Waals surface area (Å²) >= 11 is 7.93. The van der Waals surface area contributed by atoms with Crippen LogP contribution in [0.15, 0.2) is 97.2 Å². The Bertz CT molecular complexity index is 1360. The number of amides is 1. The Labute approximate surface area is 213 Å². The van der Waals surface area contributed by atoms with Crippen LogP contribution in [0.25, 0.3) is 10.2 Å². The van der Waals surface area contributed by atoms with Gasteiger partial charge < -0.3 is 0 Å². The Balaban J connectivity index is 1.55. The fourth-order valence-electron chi connectivity index (χ4n) is 4.21. The molecular weight excluding hydrogens is 474 g/mol. The van der Waals surface area contributed by atoms with Gasteiger partial charge in [0.2, 0.25) is 5.91 Å². The molecule has 5 rings (SSSR count). The van der Waals surface area contributed by atoms with E-state index in [-0.39, 0.29) is 11.8 Å². The van der Waals surface area contributed by atoms with Gasteiger partial charge in [0.25, 0.3) is 0 Å². The summed E-state index contributed by atoms with van der Waals surface area (Å²) in [6.07, 6.45) is 2.05. The molecule has 35 heavy (non-hydrogen) atoms. The third kappa shape index (κ3) is 5.11. The van der Waals surface area contributed by atoms with Gasteiger partial charge in [0, 0.05) is 18.5 Å². The number of fused-ring (bicyclic) bond motifs is 1. The lowest BCUT2D eigenvalue weighted by Crippen LogP contribution is -2.32. The van der Waals surface area contributed by atoms with Crippen LogP contribution in [0, 0.1) is 6.92 Å². The van der Waals surface area contributed by atoms with Crippen molar-refractivity contribution in [3.8, 4) is 0 Å². The third-order valence-corrected chi connectivity index (χ3v) is 7.59. The number of nitrogens with zero attached hydrogens (tertiary/aromatic N) is 3. The Kier molecular flexibility index (Phi) is 6.89. The van der Waals surface area contributed by atoms with Gasteiger partial charge >= 0.3 is 0 Å². The van der Waals surface area contributed by atoms with Crippen molar-refractivity contribution in [1.82, 2.24) is 9.97 Å². The van der Waals surface area contributed by atoms with Crippen LogP contribution in [0.1, 0.15) is 34.7 Å². The van der Waals surface area contributed by atoms with Crippen LogP contribution in [0.5, 0.6) is 0 Å². The van der Waals surface area contributed by atoms with E-state index in [1.54, 1.807) is 11.1 Å². The second kappa shape index (κ2) is 10.4. The van der Waals surface area contributed by atoms with Crippen molar-refractivity contribution < 1.29 is 4.79 Å². The number of thiazole rings is 1. The second-order valence-electron chi connectivity index (χ2n) is 8.42. The number of benzene rings is 3. The van der Waals surface area contributed by atoms with Crippen molar-refractivity contribution in [3.05, 3.63) is 125 Å². The Hall–Kier alpha value is -3.54. The minimum Gasteiger partial charge on any atom is -0.282 e. The van der Waals surface area contributed by atoms with Crippen molar-refractivity contribution in [2.45, 2.75) is 25.8 Å². The topological polar surface area (TPSA) is 46.1 Å². The maximum absolute atomic E-state index is 14.0. The SMILES string of the molecule is Cc1ccc(Cl)c2sc(N(Cc3ccccn3)C(=O)CC(c3ccccc3)c3ccccc3)nc12. The lowest BCUT2D eigenvalue weighted by atomic mass is 9.88. The monoisotopic (exact) mass is 497 g/mol. The molecule has 0 bridgehead atoms. The molecule has 4 nitrogen and oxygen atoms in total. The molecule has 2 aromatic heterocycles. The van der Waals surface area contributed by atoms with E-state index < -0.39 is 0 Å². The van der Waals surface area contributed by atoms with Gasteiger partial charge in [-0.25, -0.2) is 4.98 Å². The fraction of sp³-hybridized carbons (Fsp3) is 0.138. The molecule has 0 saturated heterocycles. The summed E-state index contributed by atoms with van der Waals surface area (Å²) in [5.74, 6) is -0.0861. The number of hydrogen-bond donors (Lipinski definition) is 0. The Morgan fingerprint density at radius 3 is 2.17 bits per heavy atom. The molecule has 2 heterocycles. The van der Waals surface area contributed by atoms with Gasteiger partial charge in [0.15, 0.2) is 5.13 Å². The summed E-state index contributed by atoms with van der Waals surface area (Å²) in [5.41, 5.74) is 4.88. The van der Waals surface area contributed by atoms with E-state index in [4.69, 9.17) is 16.6 Å². The molecule has 6 heteroatoms. The second-order valence-corrected chi connectivity index (χ2v) is 9.80. The van der Waals surface area contributed by atoms with Crippen LogP contribution >= 0.6 is 22.9 Å². The summed E-state index contributed by atoms with van der Waals surface area (Å²) in [7, 11) is 0. The molecule has 0 aliphatic heterocycles. The van der Waals surface area contributed by atoms with Crippen LogP contribution in [-0.2, 0) is 11.3 Å². The predicted molar refractivity (Wildman–Crippen MR) is 144 cm³/mol. The summed E-state index contributed by atoms with van der Waals surface area (Å²) in [4.78, 5) is 25.1. The Morgan fingerprint density at radius 1 is 0.914 bits per heavy atom. The van der Waals surface area contributed by atoms with Crippen molar-refractivity contribution >= 4 is 44.2 Å². The van der Waals surface area contributed by atoms with Crippen molar-refractivity contribution in [1.29, 1.82) is 0 Å². The first-order valence-corrected chi connectivity index (χ1v) is 12.7. The minimum absolute atomic E-state index is 0.0128. The molecule has 0 unspecified atom stereocenters. The molecule has 3 aromatic carbocycles. The molecule has 0 aliphatic carbocycles. The summed E-state index contributed by atoms with van der Waals surface area (Å²) < 4.78 is 0.892. The fourth-order valence-corrected chi connectivity index (χ4v) is 5.54. The largest absolute Gasteiger partial charge is 0.282 e. The van der Waals surface area contributed by atoms with E-state index in [1.807, 2.05) is 73.7 Å². The molecule has 174 valence electrons. The number of aromatic nitrogens is 2. The average molecular weight is 498 g/mol. The summed E-state index contributed by atoms with van der Waals surface area (Å²) in [6, 6.07) is 29.9. The molecule has 0 aliphatic rings. The highest BCUT2D eigenvalue weighted by molar-refractivity contribution is 7.23. The third-order valence-electron chi connectivity index (χ3n) is 6.05. The molecule has 0 N–H and O–H groups in total. The maximum Gasteiger partial charge on any atom is 0.230 e. The molecule has 0 atom stereocenters. The first-order chi connectivity index (χ1) is 17.1. The molecule has 1 amide bonds. The van der Waals surface area contributed by atoms with Gasteiger partial charge in [-0.15, -0.1) is 0 Å². The first kappa shape index (κ1) is 23.2. The van der Waals surface area contributed by atoms with E-state index >= 15 is 0 Å². The van der Waals surface area contributed by atoms with Gasteiger partial charge in [-0.2, -0.15) is 0 Å². The van der Waals surface area contributed by atoms with Crippen LogP contribution in [0.4, 0.5) is 5.13 Å². The highest BCUT2D eigenvalue weighted by Crippen LogP contribution is 2.37. The first-order valence-electron chi connectivity index (χ1n) is 11.5. The van der Waals surface area contributed by atoms with Crippen LogP contribution in [-0.4, -0.2) is 15.9 Å². The van der Waals surface area contributed by atoms with E-state index in [0.717, 1.165) is 32.6 Å². The summed E-state index contributed by atoms with van der Waals surface area (Å²) in [6.45, 7) is 2.35. The number of pyridine rings is 1. The van der Waals surface area contributed by atoms with Gasteiger partial charge in [-0.1, -0.05) is 95.7 Å². The van der Waals surface area contributed by atoms with Crippen LogP contribution in [0.3, 0.4) is 0 Å². The molecular formula is C29H24ClN3OS. The van der Waals surface area contributed by atoms with Crippen molar-refractivity contribution in [3.63, 3.8) is 0 Å². The van der Waals surface area contributed by atoms with E-state index in [9.17, 15) is 4.79 Å². The lowest BCUT2D eigenvalue weighted by molar-refractivity contribution is -0.119. The molecule has 0 spiro atoms. The number of hydrogen-bond acceptors (Lipinski definition) is 4. The van der Waals surface area contributed by atoms with Gasteiger partial charge in [-0.3, -0.25) is 14.7 Å². The zero-order valence-corrected chi connectivity index (χ0v) is 20.8. The van der Waals surface area contributed by atoms with Gasteiger partial charge in [0.05, 0.1) is 27.5 Å². The quantitative estimate of drug-likeness (QED) is 0.235. The maximum atomic E-state index is 14.0. The number of halogens is 1. The Morgan fingerprint density at radius 2 is 1.57 bits per heavy atom. The number of aryl methyl sites for hydroxylation is 1. The highest BCUT2D eigenvalue weighted by Gasteiger charge is 2.26. The van der Waals surface area contributed by atoms with Crippen molar-refractivity contribution in [2.24, 2.45) is 0 Å². The van der Waals surface area contributed by atoms with E-state index in [0.29, 0.717) is 23.1 Å². The molecule has 5 aromatic rings. The van der Waals surface area contributed by atoms with Gasteiger partial charge in [0.1, 0.15) is 0 Å². The van der Waals surface area contributed by atoms with E-state index in [2.05, 4.69) is 29.2 Å². The molecule has 0 saturated carbocycles. The average Bonchev–Trinajstić information content (AvgIpc) is 3.36. The zero-order chi connectivity index (χ0) is 24.2. The highest BCUT2D eigenvalue weighted by atomic mass is 35.5. The standard InChI is InChI=1S/C29H24ClN3OS/c1-20-15-16-25(30)28-27(20)32-29(35-28)33(19-23-14-8-9-17-31-23)26(34)18-24(21-10-4-2-5-11-21)22-12-6-3-7-13-22/h2-17,24H,18-19H2,1H3. The summed E-state index contributed by atoms with van der Waals surface area (Å²) in [5, 5.41) is 1.28. The smallest absolute Gasteiger partial charge is 0.230 e. The van der Waals surface area contributed by atoms with Gasteiger partial charge in [-0.05, 0) is 41.8 Å². The number of carbonyl (C=O) groups is 1. The van der Waals surface area contributed by atoms with E-state index in [1.165, 1.54) is 11.3 Å². The van der Waals surface area contributed by atoms with Crippen molar-refractivity contribution in [2.75, 3.05) is 4.90 Å². The van der Waals surface area contributed by atoms with Crippen LogP contribution < -0.4 is 4.90 Å². The van der Waals surface area contributed by atoms with Crippen LogP contribution in [0.2, 0.25) is 5.02 Å². The predicted octanol–water partition coefficient (Wildman–Crippen LogP) is 7.41. The molecule has 0 radical (unpaired) electrons. The number of rotatable bonds is 7. The zero-order valence-electron chi connectivity index (χ0n) is 19.3. The normalized spacial score (nSPS) is 11.2.